The van der Waals surface area contributed by atoms with Crippen molar-refractivity contribution in [2.24, 2.45) is 0 Å². The van der Waals surface area contributed by atoms with E-state index in [-0.39, 0.29) is 25.3 Å². The first-order valence-electron chi connectivity index (χ1n) is 10.2. The number of rotatable bonds is 17. The van der Waals surface area contributed by atoms with Gasteiger partial charge in [0.2, 0.25) is 0 Å². The standard InChI is InChI=1S/C20H35NO9Si/c1-7-18(22)25-14-17(15-26-19(23)16(5)6)30-20(24)21-12-11-13-31(27-8-2,28-9-3)29-10-4/h7,17H,1,5,8-15H2,2-4,6H3,(H,21,24). The third-order valence-electron chi connectivity index (χ3n) is 3.62. The molecule has 0 spiro atoms. The highest BCUT2D eigenvalue weighted by Crippen LogP contribution is 2.17. The van der Waals surface area contributed by atoms with E-state index in [1.807, 2.05) is 20.8 Å². The molecule has 1 amide bonds. The van der Waals surface area contributed by atoms with Crippen molar-refractivity contribution in [3.63, 3.8) is 0 Å². The van der Waals surface area contributed by atoms with E-state index in [0.717, 1.165) is 6.08 Å². The topological polar surface area (TPSA) is 119 Å². The van der Waals surface area contributed by atoms with Gasteiger partial charge in [0.05, 0.1) is 0 Å². The highest BCUT2D eigenvalue weighted by atomic mass is 28.4. The Kier molecular flexibility index (Phi) is 15.3. The second-order valence-corrected chi connectivity index (χ2v) is 8.98. The fraction of sp³-hybridized carbons (Fsp3) is 0.650. The van der Waals surface area contributed by atoms with Crippen molar-refractivity contribution in [2.75, 3.05) is 39.6 Å². The van der Waals surface area contributed by atoms with Crippen LogP contribution in [0.5, 0.6) is 0 Å². The third-order valence-corrected chi connectivity index (χ3v) is 6.77. The van der Waals surface area contributed by atoms with Crippen molar-refractivity contribution in [2.45, 2.75) is 46.3 Å². The van der Waals surface area contributed by atoms with Crippen LogP contribution in [0, 0.1) is 0 Å². The van der Waals surface area contributed by atoms with E-state index in [4.69, 9.17) is 27.5 Å². The van der Waals surface area contributed by atoms with E-state index < -0.39 is 32.9 Å². The number of amides is 1. The molecule has 178 valence electrons. The summed E-state index contributed by atoms with van der Waals surface area (Å²) in [5, 5.41) is 2.60. The van der Waals surface area contributed by atoms with Gasteiger partial charge in [-0.3, -0.25) is 0 Å². The first-order valence-corrected chi connectivity index (χ1v) is 12.1. The predicted octanol–water partition coefficient (Wildman–Crippen LogP) is 2.37. The predicted molar refractivity (Wildman–Crippen MR) is 115 cm³/mol. The van der Waals surface area contributed by atoms with Crippen LogP contribution < -0.4 is 5.32 Å². The average Bonchev–Trinajstić information content (AvgIpc) is 2.73. The molecule has 0 bridgehead atoms. The summed E-state index contributed by atoms with van der Waals surface area (Å²) in [5.41, 5.74) is 0.192. The molecule has 31 heavy (non-hydrogen) atoms. The quantitative estimate of drug-likeness (QED) is 0.114. The van der Waals surface area contributed by atoms with Gasteiger partial charge >= 0.3 is 26.8 Å². The van der Waals surface area contributed by atoms with E-state index in [2.05, 4.69) is 18.5 Å². The second-order valence-electron chi connectivity index (χ2n) is 6.25. The van der Waals surface area contributed by atoms with Crippen molar-refractivity contribution < 1.29 is 41.9 Å². The van der Waals surface area contributed by atoms with Gasteiger partial charge in [0.1, 0.15) is 13.2 Å². The van der Waals surface area contributed by atoms with Crippen LogP contribution in [-0.4, -0.2) is 72.5 Å². The smallest absolute Gasteiger partial charge is 0.458 e. The molecule has 0 aliphatic rings. The maximum atomic E-state index is 12.1. The highest BCUT2D eigenvalue weighted by molar-refractivity contribution is 6.60. The van der Waals surface area contributed by atoms with Gasteiger partial charge in [-0.25, -0.2) is 14.4 Å². The van der Waals surface area contributed by atoms with Gasteiger partial charge in [-0.05, 0) is 34.1 Å². The summed E-state index contributed by atoms with van der Waals surface area (Å²) >= 11 is 0. The lowest BCUT2D eigenvalue weighted by atomic mass is 10.3. The van der Waals surface area contributed by atoms with Crippen LogP contribution in [0.2, 0.25) is 6.04 Å². The minimum Gasteiger partial charge on any atom is -0.458 e. The van der Waals surface area contributed by atoms with Crippen LogP contribution in [-0.2, 0) is 37.1 Å². The van der Waals surface area contributed by atoms with E-state index in [1.165, 1.54) is 6.92 Å². The Morgan fingerprint density at radius 3 is 2.03 bits per heavy atom. The van der Waals surface area contributed by atoms with Gasteiger partial charge in [-0.15, -0.1) is 0 Å². The van der Waals surface area contributed by atoms with Crippen molar-refractivity contribution in [1.29, 1.82) is 0 Å². The van der Waals surface area contributed by atoms with Crippen LogP contribution in [0.25, 0.3) is 0 Å². The molecule has 0 saturated carbocycles. The summed E-state index contributed by atoms with van der Waals surface area (Å²) in [6.07, 6.45) is -0.219. The van der Waals surface area contributed by atoms with Crippen LogP contribution in [0.15, 0.2) is 24.8 Å². The molecule has 0 aromatic heterocycles. The molecule has 0 rings (SSSR count). The van der Waals surface area contributed by atoms with Crippen molar-refractivity contribution in [3.05, 3.63) is 24.8 Å². The number of nitrogens with one attached hydrogen (secondary N) is 1. The van der Waals surface area contributed by atoms with Crippen LogP contribution >= 0.6 is 0 Å². The molecular weight excluding hydrogens is 426 g/mol. The Labute approximate surface area is 185 Å². The SMILES string of the molecule is C=CC(=O)OCC(COC(=O)C(=C)C)OC(=O)NCCC[Si](OCC)(OCC)OCC. The van der Waals surface area contributed by atoms with Gasteiger partial charge in [0, 0.05) is 44.1 Å². The first kappa shape index (κ1) is 28.8. The largest absolute Gasteiger partial charge is 0.500 e. The van der Waals surface area contributed by atoms with Gasteiger partial charge in [0.25, 0.3) is 0 Å². The lowest BCUT2D eigenvalue weighted by molar-refractivity contribution is -0.147. The van der Waals surface area contributed by atoms with E-state index in [0.29, 0.717) is 32.3 Å². The molecule has 0 aromatic carbocycles. The summed E-state index contributed by atoms with van der Waals surface area (Å²) in [7, 11) is -2.79. The summed E-state index contributed by atoms with van der Waals surface area (Å²) in [5.74, 6) is -1.34. The monoisotopic (exact) mass is 461 g/mol. The third kappa shape index (κ3) is 12.9. The first-order chi connectivity index (χ1) is 14.7. The van der Waals surface area contributed by atoms with Gasteiger partial charge < -0.3 is 32.8 Å². The minimum atomic E-state index is -2.79. The zero-order chi connectivity index (χ0) is 23.7. The number of esters is 2. The summed E-state index contributed by atoms with van der Waals surface area (Å²) in [6, 6.07) is 0.527. The second kappa shape index (κ2) is 16.5. The molecule has 11 heteroatoms. The molecule has 1 N–H and O–H groups in total. The molecule has 0 aliphatic carbocycles. The molecule has 1 atom stereocenters. The molecule has 0 heterocycles. The van der Waals surface area contributed by atoms with Crippen LogP contribution in [0.1, 0.15) is 34.1 Å². The number of carbonyl (C=O) groups is 3. The fourth-order valence-corrected chi connectivity index (χ4v) is 4.94. The van der Waals surface area contributed by atoms with E-state index in [9.17, 15) is 14.4 Å². The van der Waals surface area contributed by atoms with Crippen LogP contribution in [0.3, 0.4) is 0 Å². The lowest BCUT2D eigenvalue weighted by Crippen LogP contribution is -2.46. The fourth-order valence-electron chi connectivity index (χ4n) is 2.33. The Morgan fingerprint density at radius 1 is 1.00 bits per heavy atom. The number of ether oxygens (including phenoxy) is 3. The Bertz CT molecular complexity index is 580. The average molecular weight is 462 g/mol. The van der Waals surface area contributed by atoms with E-state index >= 15 is 0 Å². The molecule has 10 nitrogen and oxygen atoms in total. The van der Waals surface area contributed by atoms with Crippen molar-refractivity contribution >= 4 is 26.8 Å². The highest BCUT2D eigenvalue weighted by Gasteiger charge is 2.39. The normalized spacial score (nSPS) is 11.9. The van der Waals surface area contributed by atoms with Gasteiger partial charge in [0.15, 0.2) is 6.10 Å². The number of alkyl carbamates (subject to hydrolysis) is 1. The Morgan fingerprint density at radius 2 is 1.55 bits per heavy atom. The summed E-state index contributed by atoms with van der Waals surface area (Å²) in [4.78, 5) is 34.9. The molecule has 0 fully saturated rings. The Balaban J connectivity index is 4.66. The van der Waals surface area contributed by atoms with Crippen molar-refractivity contribution in [3.8, 4) is 0 Å². The zero-order valence-electron chi connectivity index (χ0n) is 18.9. The zero-order valence-corrected chi connectivity index (χ0v) is 19.9. The minimum absolute atomic E-state index is 0.192. The molecule has 0 aromatic rings. The van der Waals surface area contributed by atoms with Crippen LogP contribution in [0.4, 0.5) is 4.79 Å². The van der Waals surface area contributed by atoms with Gasteiger partial charge in [-0.2, -0.15) is 0 Å². The maximum absolute atomic E-state index is 12.1. The Hall–Kier alpha value is -2.21. The molecular formula is C20H35NO9Si. The maximum Gasteiger partial charge on any atom is 0.500 e. The molecule has 0 aliphatic heterocycles. The van der Waals surface area contributed by atoms with E-state index in [1.54, 1.807) is 0 Å². The van der Waals surface area contributed by atoms with Crippen molar-refractivity contribution in [1.82, 2.24) is 5.32 Å². The lowest BCUT2D eigenvalue weighted by Gasteiger charge is -2.28. The molecule has 0 saturated heterocycles. The molecule has 1 unspecified atom stereocenters. The summed E-state index contributed by atoms with van der Waals surface area (Å²) in [6.45, 7) is 15.0. The van der Waals surface area contributed by atoms with Gasteiger partial charge in [-0.1, -0.05) is 13.2 Å². The number of hydrogen-bond donors (Lipinski definition) is 1. The number of hydrogen-bond acceptors (Lipinski definition) is 9. The molecule has 0 radical (unpaired) electrons. The number of carbonyl (C=O) groups excluding carboxylic acids is 3. The summed E-state index contributed by atoms with van der Waals surface area (Å²) < 4.78 is 32.3.